The van der Waals surface area contributed by atoms with E-state index in [2.05, 4.69) is 22.0 Å². The number of halogens is 1. The first-order chi connectivity index (χ1) is 13.9. The summed E-state index contributed by atoms with van der Waals surface area (Å²) in [6, 6.07) is 15.4. The highest BCUT2D eigenvalue weighted by Crippen LogP contribution is 2.57. The molecular weight excluding hydrogens is 430 g/mol. The summed E-state index contributed by atoms with van der Waals surface area (Å²) in [6.45, 7) is 2.03. The number of amides is 1. The van der Waals surface area contributed by atoms with Gasteiger partial charge in [0.2, 0.25) is 0 Å². The molecule has 1 spiro atoms. The molecule has 2 atom stereocenters. The number of carbonyl (C=O) groups excluding carboxylic acids is 3. The number of nitrogens with zero attached hydrogens (tertiary/aromatic N) is 1. The molecule has 2 unspecified atom stereocenters. The fourth-order valence-corrected chi connectivity index (χ4v) is 5.73. The summed E-state index contributed by atoms with van der Waals surface area (Å²) in [4.78, 5) is 39.2. The van der Waals surface area contributed by atoms with Gasteiger partial charge in [-0.1, -0.05) is 54.6 Å². The Bertz CT molecular complexity index is 1140. The summed E-state index contributed by atoms with van der Waals surface area (Å²) in [5.41, 5.74) is 3.86. The van der Waals surface area contributed by atoms with Gasteiger partial charge in [-0.25, -0.2) is 0 Å². The largest absolute Gasteiger partial charge is 0.320 e. The Hall–Kier alpha value is -2.79. The minimum atomic E-state index is -0.712. The normalized spacial score (nSPS) is 25.0. The highest BCUT2D eigenvalue weighted by molar-refractivity contribution is 9.12. The third kappa shape index (κ3) is 2.47. The SMILES string of the molecule is CC(=O)c1ccc(C2=C(Br)C(=O)N3Cc4ccccc4C4CC(=O)C=CC243)cc1. The van der Waals surface area contributed by atoms with E-state index in [1.54, 1.807) is 18.2 Å². The van der Waals surface area contributed by atoms with Gasteiger partial charge in [0.25, 0.3) is 5.91 Å². The minimum Gasteiger partial charge on any atom is -0.320 e. The number of hydrogen-bond donors (Lipinski definition) is 0. The molecule has 1 aliphatic carbocycles. The quantitative estimate of drug-likeness (QED) is 0.640. The Morgan fingerprint density at radius 2 is 1.83 bits per heavy atom. The van der Waals surface area contributed by atoms with Crippen LogP contribution in [0.25, 0.3) is 5.57 Å². The number of hydrogen-bond acceptors (Lipinski definition) is 3. The molecular formula is C24H18BrNO3. The number of carbonyl (C=O) groups is 3. The Labute approximate surface area is 177 Å². The molecule has 4 nitrogen and oxygen atoms in total. The maximum Gasteiger partial charge on any atom is 0.262 e. The summed E-state index contributed by atoms with van der Waals surface area (Å²) in [5, 5.41) is 0. The van der Waals surface area contributed by atoms with Crippen LogP contribution in [0.15, 0.2) is 65.2 Å². The monoisotopic (exact) mass is 447 g/mol. The van der Waals surface area contributed by atoms with E-state index in [-0.39, 0.29) is 23.4 Å². The lowest BCUT2D eigenvalue weighted by Gasteiger charge is -2.50. The van der Waals surface area contributed by atoms with E-state index in [1.165, 1.54) is 6.92 Å². The molecule has 0 saturated heterocycles. The summed E-state index contributed by atoms with van der Waals surface area (Å²) in [6.07, 6.45) is 3.87. The fraction of sp³-hybridized carbons (Fsp3) is 0.208. The van der Waals surface area contributed by atoms with E-state index in [1.807, 2.05) is 41.3 Å². The lowest BCUT2D eigenvalue weighted by molar-refractivity contribution is -0.130. The number of ketones is 2. The van der Waals surface area contributed by atoms with Gasteiger partial charge in [-0.15, -0.1) is 0 Å². The van der Waals surface area contributed by atoms with E-state index >= 15 is 0 Å². The van der Waals surface area contributed by atoms with Crippen molar-refractivity contribution in [3.05, 3.63) is 87.4 Å². The Morgan fingerprint density at radius 3 is 2.55 bits per heavy atom. The fourth-order valence-electron chi connectivity index (χ4n) is 4.97. The average molecular weight is 448 g/mol. The third-order valence-electron chi connectivity index (χ3n) is 6.30. The summed E-state index contributed by atoms with van der Waals surface area (Å²) in [5.74, 6) is -0.154. The van der Waals surface area contributed by atoms with Gasteiger partial charge in [0.1, 0.15) is 0 Å². The second-order valence-corrected chi connectivity index (χ2v) is 8.59. The van der Waals surface area contributed by atoms with Crippen molar-refractivity contribution in [1.29, 1.82) is 0 Å². The van der Waals surface area contributed by atoms with Crippen molar-refractivity contribution in [2.24, 2.45) is 0 Å². The van der Waals surface area contributed by atoms with Crippen molar-refractivity contribution in [3.63, 3.8) is 0 Å². The van der Waals surface area contributed by atoms with Crippen LogP contribution in [0.3, 0.4) is 0 Å². The van der Waals surface area contributed by atoms with Gasteiger partial charge in [0.15, 0.2) is 11.6 Å². The summed E-state index contributed by atoms with van der Waals surface area (Å²) < 4.78 is 0.518. The molecule has 2 aliphatic heterocycles. The first-order valence-corrected chi connectivity index (χ1v) is 10.4. The molecule has 0 aromatic heterocycles. The van der Waals surface area contributed by atoms with Crippen LogP contribution >= 0.6 is 15.9 Å². The lowest BCUT2D eigenvalue weighted by Crippen LogP contribution is -2.55. The van der Waals surface area contributed by atoms with E-state index in [0.717, 1.165) is 22.3 Å². The van der Waals surface area contributed by atoms with Gasteiger partial charge in [-0.3, -0.25) is 14.4 Å². The van der Waals surface area contributed by atoms with Crippen LogP contribution in [-0.2, 0) is 16.1 Å². The van der Waals surface area contributed by atoms with Crippen LogP contribution in [0.2, 0.25) is 0 Å². The molecule has 5 heteroatoms. The molecule has 0 fully saturated rings. The van der Waals surface area contributed by atoms with Crippen molar-refractivity contribution in [2.75, 3.05) is 0 Å². The molecule has 0 saturated carbocycles. The van der Waals surface area contributed by atoms with Gasteiger partial charge in [-0.2, -0.15) is 0 Å². The Balaban J connectivity index is 1.76. The standard InChI is InChI=1S/C24H18BrNO3/c1-14(27)15-6-8-16(9-7-15)21-22(25)23(29)26-13-17-4-2-3-5-19(17)20-12-18(28)10-11-24(20,21)26/h2-11,20H,12-13H2,1H3. The molecule has 0 bridgehead atoms. The first kappa shape index (κ1) is 18.3. The predicted octanol–water partition coefficient (Wildman–Crippen LogP) is 4.40. The number of Topliss-reactive ketones (excluding diaryl/α,β-unsaturated/α-hetero) is 1. The molecule has 2 aromatic rings. The van der Waals surface area contributed by atoms with Gasteiger partial charge in [0.05, 0.1) is 10.0 Å². The molecule has 144 valence electrons. The Morgan fingerprint density at radius 1 is 1.10 bits per heavy atom. The van der Waals surface area contributed by atoms with Crippen molar-refractivity contribution in [2.45, 2.75) is 31.3 Å². The molecule has 2 heterocycles. The zero-order chi connectivity index (χ0) is 20.3. The average Bonchev–Trinajstić information content (AvgIpc) is 2.94. The van der Waals surface area contributed by atoms with E-state index < -0.39 is 5.54 Å². The van der Waals surface area contributed by atoms with Crippen LogP contribution in [0.5, 0.6) is 0 Å². The molecule has 5 rings (SSSR count). The topological polar surface area (TPSA) is 54.5 Å². The van der Waals surface area contributed by atoms with Gasteiger partial charge in [0, 0.05) is 30.0 Å². The minimum absolute atomic E-state index is 0.000451. The van der Waals surface area contributed by atoms with Crippen molar-refractivity contribution in [1.82, 2.24) is 4.90 Å². The maximum absolute atomic E-state index is 13.3. The second-order valence-electron chi connectivity index (χ2n) is 7.79. The lowest BCUT2D eigenvalue weighted by atomic mass is 9.65. The highest BCUT2D eigenvalue weighted by Gasteiger charge is 2.58. The predicted molar refractivity (Wildman–Crippen MR) is 114 cm³/mol. The van der Waals surface area contributed by atoms with Crippen LogP contribution < -0.4 is 0 Å². The summed E-state index contributed by atoms with van der Waals surface area (Å²) >= 11 is 3.56. The van der Waals surface area contributed by atoms with Crippen LogP contribution in [0.1, 0.15) is 46.3 Å². The highest BCUT2D eigenvalue weighted by atomic mass is 79.9. The number of benzene rings is 2. The van der Waals surface area contributed by atoms with Crippen LogP contribution in [0, 0.1) is 0 Å². The van der Waals surface area contributed by atoms with Gasteiger partial charge >= 0.3 is 0 Å². The molecule has 3 aliphatic rings. The molecule has 0 radical (unpaired) electrons. The van der Waals surface area contributed by atoms with Gasteiger partial charge in [-0.05, 0) is 45.6 Å². The molecule has 1 amide bonds. The molecule has 0 N–H and O–H groups in total. The van der Waals surface area contributed by atoms with E-state index in [9.17, 15) is 14.4 Å². The molecule has 29 heavy (non-hydrogen) atoms. The van der Waals surface area contributed by atoms with Gasteiger partial charge < -0.3 is 4.90 Å². The smallest absolute Gasteiger partial charge is 0.262 e. The molecule has 2 aromatic carbocycles. The van der Waals surface area contributed by atoms with Crippen LogP contribution in [-0.4, -0.2) is 27.9 Å². The zero-order valence-electron chi connectivity index (χ0n) is 15.8. The number of rotatable bonds is 2. The first-order valence-electron chi connectivity index (χ1n) is 9.57. The number of allylic oxidation sites excluding steroid dienone is 1. The van der Waals surface area contributed by atoms with Crippen molar-refractivity contribution in [3.8, 4) is 0 Å². The van der Waals surface area contributed by atoms with Crippen molar-refractivity contribution >= 4 is 39.0 Å². The second kappa shape index (κ2) is 6.36. The Kier molecular flexibility index (Phi) is 4.00. The zero-order valence-corrected chi connectivity index (χ0v) is 17.4. The number of fused-ring (bicyclic) bond motifs is 2. The van der Waals surface area contributed by atoms with Crippen LogP contribution in [0.4, 0.5) is 0 Å². The third-order valence-corrected chi connectivity index (χ3v) is 7.03. The maximum atomic E-state index is 13.3. The van der Waals surface area contributed by atoms with E-state index in [0.29, 0.717) is 23.0 Å². The van der Waals surface area contributed by atoms with E-state index in [4.69, 9.17) is 0 Å². The van der Waals surface area contributed by atoms with Crippen molar-refractivity contribution < 1.29 is 14.4 Å². The summed E-state index contributed by atoms with van der Waals surface area (Å²) in [7, 11) is 0.